The average molecular weight is 563 g/mol. The molecule has 3 aromatic carbocycles. The molecule has 0 atom stereocenters. The van der Waals surface area contributed by atoms with E-state index in [2.05, 4.69) is 5.32 Å². The number of anilines is 1. The fraction of sp³-hybridized carbons (Fsp3) is 0.192. The highest BCUT2D eigenvalue weighted by Crippen LogP contribution is 2.45. The van der Waals surface area contributed by atoms with E-state index in [9.17, 15) is 27.1 Å². The number of ether oxygens (including phenoxy) is 3. The monoisotopic (exact) mass is 562 g/mol. The van der Waals surface area contributed by atoms with E-state index >= 15 is 0 Å². The highest BCUT2D eigenvalue weighted by molar-refractivity contribution is 7.92. The standard InChI is InChI=1S/C26H24F2N2O8S/c1-29-26(32)38-25-17-13-22(35-2)19(30(11-12-31)39(3,33)34)14-21(17)37-24(25)15-7-9-16(10-8-15)36-20-6-4-5-18(27)23(20)28/h4-10,13-14,31H,11-12H2,1-3H3,(H,29,32). The highest BCUT2D eigenvalue weighted by atomic mass is 32.2. The van der Waals surface area contributed by atoms with Crippen LogP contribution < -0.4 is 23.8 Å². The molecule has 10 nitrogen and oxygen atoms in total. The molecule has 0 saturated heterocycles. The Balaban J connectivity index is 1.82. The van der Waals surface area contributed by atoms with Crippen molar-refractivity contribution in [3.63, 3.8) is 0 Å². The van der Waals surface area contributed by atoms with Gasteiger partial charge < -0.3 is 29.1 Å². The summed E-state index contributed by atoms with van der Waals surface area (Å²) in [7, 11) is -1.09. The number of furan rings is 1. The molecule has 0 aliphatic carbocycles. The van der Waals surface area contributed by atoms with Gasteiger partial charge in [0.25, 0.3) is 0 Å². The number of aliphatic hydroxyl groups excluding tert-OH is 1. The predicted molar refractivity (Wildman–Crippen MR) is 139 cm³/mol. The fourth-order valence-electron chi connectivity index (χ4n) is 3.80. The SMILES string of the molecule is CNC(=O)Oc1c(-c2ccc(Oc3cccc(F)c3F)cc2)oc2cc(N(CCO)S(C)(=O)=O)c(OC)cc12. The molecule has 4 rings (SSSR count). The summed E-state index contributed by atoms with van der Waals surface area (Å²) >= 11 is 0. The van der Waals surface area contributed by atoms with Gasteiger partial charge in [-0.15, -0.1) is 0 Å². The number of fused-ring (bicyclic) bond motifs is 1. The van der Waals surface area contributed by atoms with Crippen molar-refractivity contribution in [2.24, 2.45) is 0 Å². The number of aliphatic hydroxyl groups is 1. The molecule has 1 amide bonds. The molecular formula is C26H24F2N2O8S. The number of amides is 1. The lowest BCUT2D eigenvalue weighted by Crippen LogP contribution is -2.32. The van der Waals surface area contributed by atoms with Crippen LogP contribution in [-0.2, 0) is 10.0 Å². The molecule has 39 heavy (non-hydrogen) atoms. The Bertz CT molecular complexity index is 1620. The molecule has 1 heterocycles. The first-order valence-corrected chi connectivity index (χ1v) is 13.3. The minimum atomic E-state index is -3.80. The molecule has 0 spiro atoms. The minimum Gasteiger partial charge on any atom is -0.495 e. The van der Waals surface area contributed by atoms with E-state index in [1.807, 2.05) is 0 Å². The zero-order chi connectivity index (χ0) is 28.3. The third kappa shape index (κ3) is 5.73. The fourth-order valence-corrected chi connectivity index (χ4v) is 4.72. The lowest BCUT2D eigenvalue weighted by atomic mass is 10.1. The van der Waals surface area contributed by atoms with Crippen LogP contribution in [0.25, 0.3) is 22.3 Å². The summed E-state index contributed by atoms with van der Waals surface area (Å²) in [6.07, 6.45) is 0.195. The Morgan fingerprint density at radius 2 is 1.82 bits per heavy atom. The molecule has 0 saturated carbocycles. The quantitative estimate of drug-likeness (QED) is 0.302. The molecule has 0 radical (unpaired) electrons. The Morgan fingerprint density at radius 3 is 2.44 bits per heavy atom. The number of nitrogens with one attached hydrogen (secondary N) is 1. The van der Waals surface area contributed by atoms with Crippen molar-refractivity contribution < 1.29 is 45.7 Å². The molecule has 4 aromatic rings. The highest BCUT2D eigenvalue weighted by Gasteiger charge is 2.26. The largest absolute Gasteiger partial charge is 0.495 e. The zero-order valence-electron chi connectivity index (χ0n) is 21.0. The number of carbonyl (C=O) groups is 1. The van der Waals surface area contributed by atoms with E-state index < -0.39 is 34.4 Å². The molecule has 0 aliphatic rings. The maximum Gasteiger partial charge on any atom is 0.412 e. The molecule has 2 N–H and O–H groups in total. The van der Waals surface area contributed by atoms with Crippen molar-refractivity contribution >= 4 is 32.8 Å². The van der Waals surface area contributed by atoms with Gasteiger partial charge in [0.2, 0.25) is 15.8 Å². The molecule has 0 bridgehead atoms. The van der Waals surface area contributed by atoms with Crippen molar-refractivity contribution in [3.8, 4) is 34.3 Å². The van der Waals surface area contributed by atoms with Gasteiger partial charge in [-0.2, -0.15) is 4.39 Å². The van der Waals surface area contributed by atoms with E-state index in [1.54, 1.807) is 12.1 Å². The first-order chi connectivity index (χ1) is 18.6. The van der Waals surface area contributed by atoms with Crippen LogP contribution in [0, 0.1) is 11.6 Å². The Hall–Kier alpha value is -4.36. The minimum absolute atomic E-state index is 0.0205. The molecule has 0 aliphatic heterocycles. The van der Waals surface area contributed by atoms with Crippen molar-refractivity contribution in [2.75, 3.05) is 37.9 Å². The van der Waals surface area contributed by atoms with Gasteiger partial charge in [0, 0.05) is 18.7 Å². The van der Waals surface area contributed by atoms with Gasteiger partial charge in [-0.05, 0) is 42.5 Å². The van der Waals surface area contributed by atoms with Crippen molar-refractivity contribution in [1.29, 1.82) is 0 Å². The van der Waals surface area contributed by atoms with Crippen molar-refractivity contribution in [3.05, 3.63) is 66.2 Å². The predicted octanol–water partition coefficient (Wildman–Crippen LogP) is 4.66. The second-order valence-corrected chi connectivity index (χ2v) is 10.1. The van der Waals surface area contributed by atoms with Gasteiger partial charge in [0.15, 0.2) is 23.1 Å². The van der Waals surface area contributed by atoms with Gasteiger partial charge in [-0.3, -0.25) is 4.31 Å². The average Bonchev–Trinajstić information content (AvgIpc) is 3.25. The second kappa shape index (κ2) is 11.2. The number of hydrogen-bond acceptors (Lipinski definition) is 8. The number of carbonyl (C=O) groups excluding carboxylic acids is 1. The summed E-state index contributed by atoms with van der Waals surface area (Å²) in [6.45, 7) is -0.681. The van der Waals surface area contributed by atoms with Crippen LogP contribution in [0.1, 0.15) is 0 Å². The Labute approximate surface area is 222 Å². The van der Waals surface area contributed by atoms with E-state index in [-0.39, 0.29) is 46.6 Å². The van der Waals surface area contributed by atoms with E-state index in [4.69, 9.17) is 18.6 Å². The number of halogens is 2. The molecule has 13 heteroatoms. The third-order valence-corrected chi connectivity index (χ3v) is 6.76. The molecule has 1 aromatic heterocycles. The summed E-state index contributed by atoms with van der Waals surface area (Å²) in [5, 5.41) is 12.1. The topological polar surface area (TPSA) is 128 Å². The summed E-state index contributed by atoms with van der Waals surface area (Å²) in [6, 6.07) is 12.5. The van der Waals surface area contributed by atoms with Gasteiger partial charge >= 0.3 is 6.09 Å². The normalized spacial score (nSPS) is 11.3. The smallest absolute Gasteiger partial charge is 0.412 e. The van der Waals surface area contributed by atoms with Crippen LogP contribution in [0.3, 0.4) is 0 Å². The first-order valence-electron chi connectivity index (χ1n) is 11.4. The lowest BCUT2D eigenvalue weighted by Gasteiger charge is -2.23. The Kier molecular flexibility index (Phi) is 7.93. The van der Waals surface area contributed by atoms with Crippen LogP contribution in [0.5, 0.6) is 23.0 Å². The van der Waals surface area contributed by atoms with Crippen LogP contribution >= 0.6 is 0 Å². The van der Waals surface area contributed by atoms with Crippen LogP contribution in [0.4, 0.5) is 19.3 Å². The number of hydrogen-bond donors (Lipinski definition) is 2. The van der Waals surface area contributed by atoms with Crippen LogP contribution in [-0.4, -0.2) is 53.2 Å². The molecule has 206 valence electrons. The number of nitrogens with zero attached hydrogens (tertiary/aromatic N) is 1. The summed E-state index contributed by atoms with van der Waals surface area (Å²) < 4.78 is 75.6. The van der Waals surface area contributed by atoms with E-state index in [0.717, 1.165) is 16.6 Å². The lowest BCUT2D eigenvalue weighted by molar-refractivity contribution is 0.203. The van der Waals surface area contributed by atoms with E-state index in [1.165, 1.54) is 50.6 Å². The molecular weight excluding hydrogens is 538 g/mol. The molecule has 0 unspecified atom stereocenters. The number of methoxy groups -OCH3 is 1. The first kappa shape index (κ1) is 27.7. The molecule has 0 fully saturated rings. The summed E-state index contributed by atoms with van der Waals surface area (Å²) in [5.74, 6) is -2.02. The third-order valence-electron chi connectivity index (χ3n) is 5.58. The number of sulfonamides is 1. The van der Waals surface area contributed by atoms with E-state index in [0.29, 0.717) is 10.9 Å². The second-order valence-electron chi connectivity index (χ2n) is 8.16. The van der Waals surface area contributed by atoms with Gasteiger partial charge in [-0.25, -0.2) is 17.6 Å². The van der Waals surface area contributed by atoms with Crippen molar-refractivity contribution in [2.45, 2.75) is 0 Å². The van der Waals surface area contributed by atoms with Gasteiger partial charge in [0.1, 0.15) is 17.1 Å². The van der Waals surface area contributed by atoms with Gasteiger partial charge in [-0.1, -0.05) is 6.07 Å². The van der Waals surface area contributed by atoms with Gasteiger partial charge in [0.05, 0.1) is 37.6 Å². The zero-order valence-corrected chi connectivity index (χ0v) is 21.8. The summed E-state index contributed by atoms with van der Waals surface area (Å²) in [4.78, 5) is 12.2. The maximum atomic E-state index is 14.0. The maximum absolute atomic E-state index is 14.0. The Morgan fingerprint density at radius 1 is 1.10 bits per heavy atom. The van der Waals surface area contributed by atoms with Crippen LogP contribution in [0.2, 0.25) is 0 Å². The number of benzene rings is 3. The summed E-state index contributed by atoms with van der Waals surface area (Å²) in [5.41, 5.74) is 0.690. The van der Waals surface area contributed by atoms with Crippen molar-refractivity contribution in [1.82, 2.24) is 5.32 Å². The number of rotatable bonds is 9. The van der Waals surface area contributed by atoms with Crippen LogP contribution in [0.15, 0.2) is 59.0 Å².